The van der Waals surface area contributed by atoms with Gasteiger partial charge in [0.1, 0.15) is 6.20 Å². The quantitative estimate of drug-likeness (QED) is 0.276. The smallest absolute Gasteiger partial charge is 0.350 e. The Morgan fingerprint density at radius 2 is 1.89 bits per heavy atom. The average molecular weight is 407 g/mol. The molecule has 0 bridgehead atoms. The maximum Gasteiger partial charge on any atom is 0.350 e. The van der Waals surface area contributed by atoms with Gasteiger partial charge in [0, 0.05) is 18.7 Å². The van der Waals surface area contributed by atoms with Gasteiger partial charge in [0.2, 0.25) is 0 Å². The van der Waals surface area contributed by atoms with E-state index >= 15 is 0 Å². The highest BCUT2D eigenvalue weighted by atomic mass is 28.4. The second-order valence-corrected chi connectivity index (χ2v) is 13.2. The number of nitrogens with zero attached hydrogens (tertiary/aromatic N) is 4. The fourth-order valence-electron chi connectivity index (χ4n) is 2.39. The number of aryl methyl sites for hydroxylation is 2. The molecule has 0 aliphatic rings. The third-order valence-electron chi connectivity index (χ3n) is 5.10. The molecule has 154 valence electrons. The highest BCUT2D eigenvalue weighted by molar-refractivity contribution is 6.74. The van der Waals surface area contributed by atoms with Gasteiger partial charge in [-0.2, -0.15) is 0 Å². The maximum absolute atomic E-state index is 11.4. The Hall–Kier alpha value is -2.26. The van der Waals surface area contributed by atoms with Crippen molar-refractivity contribution in [1.29, 1.82) is 0 Å². The van der Waals surface area contributed by atoms with Crippen LogP contribution >= 0.6 is 0 Å². The molecule has 0 aromatic carbocycles. The topological polar surface area (TPSA) is 92.3 Å². The van der Waals surface area contributed by atoms with E-state index in [1.54, 1.807) is 0 Å². The summed E-state index contributed by atoms with van der Waals surface area (Å²) in [6.45, 7) is 15.5. The monoisotopic (exact) mass is 406 g/mol. The molecule has 2 rings (SSSR count). The molecule has 2 heterocycles. The number of hydrogen-bond acceptors (Lipinski definition) is 6. The number of rotatable bonds is 8. The molecule has 0 amide bonds. The molecule has 9 heteroatoms. The van der Waals surface area contributed by atoms with E-state index in [4.69, 9.17) is 9.16 Å². The minimum absolute atomic E-state index is 0.0114. The van der Waals surface area contributed by atoms with Crippen molar-refractivity contribution in [2.24, 2.45) is 0 Å². The molecule has 0 spiro atoms. The van der Waals surface area contributed by atoms with Gasteiger partial charge >= 0.3 is 11.6 Å². The van der Waals surface area contributed by atoms with E-state index < -0.39 is 13.2 Å². The van der Waals surface area contributed by atoms with Crippen LogP contribution in [-0.4, -0.2) is 41.2 Å². The zero-order chi connectivity index (χ0) is 21.1. The maximum atomic E-state index is 11.4. The van der Waals surface area contributed by atoms with E-state index in [9.17, 15) is 10.1 Å². The first kappa shape index (κ1) is 22.0. The number of aromatic nitrogens is 3. The number of pyridine rings is 1. The molecular formula is C19H30N4O4Si. The van der Waals surface area contributed by atoms with Crippen LogP contribution in [0.1, 0.15) is 38.6 Å². The first-order valence-corrected chi connectivity index (χ1v) is 12.3. The van der Waals surface area contributed by atoms with Crippen molar-refractivity contribution in [1.82, 2.24) is 14.8 Å². The van der Waals surface area contributed by atoms with Gasteiger partial charge in [-0.05, 0) is 44.1 Å². The molecule has 0 atom stereocenters. The van der Waals surface area contributed by atoms with Crippen LogP contribution < -0.4 is 4.74 Å². The molecule has 0 aliphatic carbocycles. The third-order valence-corrected chi connectivity index (χ3v) is 9.64. The van der Waals surface area contributed by atoms with Gasteiger partial charge in [0.25, 0.3) is 0 Å². The fourth-order valence-corrected chi connectivity index (χ4v) is 3.48. The molecule has 2 aromatic heterocycles. The lowest BCUT2D eigenvalue weighted by atomic mass is 10.2. The van der Waals surface area contributed by atoms with Crippen molar-refractivity contribution < 1.29 is 14.1 Å². The Bertz CT molecular complexity index is 843. The normalized spacial score (nSPS) is 12.2. The van der Waals surface area contributed by atoms with Crippen molar-refractivity contribution >= 4 is 14.0 Å². The number of hydrogen-bond donors (Lipinski definition) is 0. The molecule has 0 saturated heterocycles. The molecule has 0 aliphatic heterocycles. The summed E-state index contributed by atoms with van der Waals surface area (Å²) in [5.41, 5.74) is 2.14. The molecule has 0 saturated carbocycles. The molecule has 2 aromatic rings. The van der Waals surface area contributed by atoms with Crippen molar-refractivity contribution in [2.75, 3.05) is 13.2 Å². The van der Waals surface area contributed by atoms with E-state index in [2.05, 4.69) is 43.9 Å². The van der Waals surface area contributed by atoms with Crippen LogP contribution in [0.2, 0.25) is 18.1 Å². The highest BCUT2D eigenvalue weighted by Crippen LogP contribution is 2.36. The molecular weight excluding hydrogens is 376 g/mol. The summed E-state index contributed by atoms with van der Waals surface area (Å²) in [5, 5.41) is 15.8. The molecule has 28 heavy (non-hydrogen) atoms. The van der Waals surface area contributed by atoms with Gasteiger partial charge in [0.05, 0.1) is 22.9 Å². The second-order valence-electron chi connectivity index (χ2n) is 8.39. The molecule has 0 radical (unpaired) electrons. The highest BCUT2D eigenvalue weighted by Gasteiger charge is 2.36. The van der Waals surface area contributed by atoms with Crippen LogP contribution in [-0.2, 0) is 4.43 Å². The molecule has 8 nitrogen and oxygen atoms in total. The van der Waals surface area contributed by atoms with Crippen LogP contribution in [0, 0.1) is 24.0 Å². The van der Waals surface area contributed by atoms with Gasteiger partial charge in [-0.3, -0.25) is 15.1 Å². The van der Waals surface area contributed by atoms with E-state index in [-0.39, 0.29) is 16.6 Å². The van der Waals surface area contributed by atoms with Crippen molar-refractivity contribution in [3.05, 3.63) is 39.8 Å². The third kappa shape index (κ3) is 5.17. The zero-order valence-electron chi connectivity index (χ0n) is 17.8. The fraction of sp³-hybridized carbons (Fsp3) is 0.579. The van der Waals surface area contributed by atoms with Gasteiger partial charge in [0.15, 0.2) is 8.32 Å². The lowest BCUT2D eigenvalue weighted by Crippen LogP contribution is -2.41. The van der Waals surface area contributed by atoms with Crippen molar-refractivity contribution in [2.45, 2.75) is 59.2 Å². The minimum Gasteiger partial charge on any atom is -0.472 e. The van der Waals surface area contributed by atoms with Crippen LogP contribution in [0.5, 0.6) is 5.88 Å². The Labute approximate surface area is 167 Å². The Kier molecular flexibility index (Phi) is 6.61. The van der Waals surface area contributed by atoms with Gasteiger partial charge in [-0.15, -0.1) is 5.10 Å². The van der Waals surface area contributed by atoms with E-state index in [0.717, 1.165) is 11.4 Å². The van der Waals surface area contributed by atoms with Gasteiger partial charge < -0.3 is 9.16 Å². The van der Waals surface area contributed by atoms with Gasteiger partial charge in [-0.25, -0.2) is 4.68 Å². The minimum atomic E-state index is -1.80. The SMILES string of the molecule is Cc1ccc(-n2cc([N+](=O)[O-])c(OCCCO[Si](C)(C)C(C)(C)C)n2)c(C)n1. The summed E-state index contributed by atoms with van der Waals surface area (Å²) in [4.78, 5) is 15.3. The Balaban J connectivity index is 2.04. The zero-order valence-corrected chi connectivity index (χ0v) is 18.8. The molecule has 0 fully saturated rings. The van der Waals surface area contributed by atoms with Crippen LogP contribution in [0.25, 0.3) is 5.69 Å². The van der Waals surface area contributed by atoms with Crippen LogP contribution in [0.4, 0.5) is 5.69 Å². The number of ether oxygens (including phenoxy) is 1. The lowest BCUT2D eigenvalue weighted by molar-refractivity contribution is -0.385. The second kappa shape index (κ2) is 8.40. The predicted octanol–water partition coefficient (Wildman–Crippen LogP) is 4.58. The van der Waals surface area contributed by atoms with Gasteiger partial charge in [-0.1, -0.05) is 20.8 Å². The summed E-state index contributed by atoms with van der Waals surface area (Å²) in [6, 6.07) is 3.68. The summed E-state index contributed by atoms with van der Waals surface area (Å²) < 4.78 is 13.2. The summed E-state index contributed by atoms with van der Waals surface area (Å²) in [7, 11) is -1.80. The molecule has 0 unspecified atom stereocenters. The van der Waals surface area contributed by atoms with Crippen LogP contribution in [0.3, 0.4) is 0 Å². The Morgan fingerprint density at radius 1 is 1.21 bits per heavy atom. The van der Waals surface area contributed by atoms with E-state index in [1.165, 1.54) is 10.9 Å². The van der Waals surface area contributed by atoms with Crippen molar-refractivity contribution in [3.63, 3.8) is 0 Å². The first-order chi connectivity index (χ1) is 12.9. The van der Waals surface area contributed by atoms with E-state index in [0.29, 0.717) is 25.3 Å². The van der Waals surface area contributed by atoms with Crippen molar-refractivity contribution in [3.8, 4) is 11.6 Å². The average Bonchev–Trinajstić information content (AvgIpc) is 2.97. The first-order valence-electron chi connectivity index (χ1n) is 9.38. The lowest BCUT2D eigenvalue weighted by Gasteiger charge is -2.36. The molecule has 0 N–H and O–H groups in total. The predicted molar refractivity (Wildman–Crippen MR) is 111 cm³/mol. The number of nitro groups is 1. The summed E-state index contributed by atoms with van der Waals surface area (Å²) >= 11 is 0. The largest absolute Gasteiger partial charge is 0.472 e. The van der Waals surface area contributed by atoms with E-state index in [1.807, 2.05) is 26.0 Å². The summed E-state index contributed by atoms with van der Waals surface area (Å²) in [6.07, 6.45) is 2.00. The standard InChI is InChI=1S/C19H30N4O4Si/c1-14-9-10-16(15(2)20-14)22-13-17(23(24)25)18(21-22)26-11-8-12-27-28(6,7)19(3,4)5/h9-10,13H,8,11-12H2,1-7H3. The summed E-state index contributed by atoms with van der Waals surface area (Å²) in [5.74, 6) is 0.0114. The Morgan fingerprint density at radius 3 is 2.46 bits per heavy atom. The van der Waals surface area contributed by atoms with Crippen LogP contribution in [0.15, 0.2) is 18.3 Å².